The number of anilines is 1. The molecule has 1 aromatic carbocycles. The summed E-state index contributed by atoms with van der Waals surface area (Å²) in [4.78, 5) is 4.24. The third-order valence-corrected chi connectivity index (χ3v) is 2.82. The molecule has 0 radical (unpaired) electrons. The van der Waals surface area contributed by atoms with Gasteiger partial charge in [-0.15, -0.1) is 0 Å². The van der Waals surface area contributed by atoms with Gasteiger partial charge in [-0.05, 0) is 36.2 Å². The van der Waals surface area contributed by atoms with Gasteiger partial charge in [0.1, 0.15) is 11.6 Å². The van der Waals surface area contributed by atoms with Crippen molar-refractivity contribution in [2.24, 2.45) is 0 Å². The van der Waals surface area contributed by atoms with Gasteiger partial charge in [0, 0.05) is 5.39 Å². The van der Waals surface area contributed by atoms with Crippen LogP contribution in [-0.4, -0.2) is 17.8 Å². The Morgan fingerprint density at radius 2 is 2.00 bits per heavy atom. The predicted molar refractivity (Wildman–Crippen MR) is 71.7 cm³/mol. The lowest BCUT2D eigenvalue weighted by Gasteiger charge is -2.11. The topological polar surface area (TPSA) is 48.1 Å². The average molecular weight is 284 g/mol. The second-order valence-electron chi connectivity index (χ2n) is 4.54. The molecule has 0 spiro atoms. The quantitative estimate of drug-likeness (QED) is 0.931. The molecule has 0 saturated heterocycles. The molecule has 0 aliphatic heterocycles. The molecule has 3 nitrogen and oxygen atoms in total. The van der Waals surface area contributed by atoms with E-state index in [-0.39, 0.29) is 5.75 Å². The largest absolute Gasteiger partial charge is 0.484 e. The summed E-state index contributed by atoms with van der Waals surface area (Å²) in [5.74, 6) is 0.632. The fraction of sp³-hybridized carbons (Fsp3) is 0.357. The Labute approximate surface area is 114 Å². The molecule has 0 amide bonds. The van der Waals surface area contributed by atoms with E-state index >= 15 is 0 Å². The molecule has 1 heterocycles. The first kappa shape index (κ1) is 14.4. The smallest absolute Gasteiger partial charge is 0.422 e. The van der Waals surface area contributed by atoms with Gasteiger partial charge in [0.2, 0.25) is 0 Å². The summed E-state index contributed by atoms with van der Waals surface area (Å²) >= 11 is 0. The van der Waals surface area contributed by atoms with E-state index in [0.29, 0.717) is 11.3 Å². The molecule has 1 aromatic heterocycles. The summed E-state index contributed by atoms with van der Waals surface area (Å²) in [6, 6.07) is 6.46. The zero-order valence-corrected chi connectivity index (χ0v) is 11.0. The van der Waals surface area contributed by atoms with Crippen molar-refractivity contribution >= 4 is 16.7 Å². The maximum absolute atomic E-state index is 12.1. The number of aryl methyl sites for hydroxylation is 1. The van der Waals surface area contributed by atoms with Crippen LogP contribution in [0.3, 0.4) is 0 Å². The number of pyridine rings is 1. The van der Waals surface area contributed by atoms with Gasteiger partial charge < -0.3 is 10.5 Å². The van der Waals surface area contributed by atoms with Crippen LogP contribution in [0.5, 0.6) is 5.75 Å². The van der Waals surface area contributed by atoms with Crippen molar-refractivity contribution < 1.29 is 17.9 Å². The van der Waals surface area contributed by atoms with E-state index in [4.69, 9.17) is 10.5 Å². The maximum Gasteiger partial charge on any atom is 0.422 e. The number of alkyl halides is 3. The van der Waals surface area contributed by atoms with E-state index < -0.39 is 12.8 Å². The fourth-order valence-electron chi connectivity index (χ4n) is 1.94. The van der Waals surface area contributed by atoms with Gasteiger partial charge in [-0.3, -0.25) is 0 Å². The SMILES string of the molecule is CCCc1cc2cc(OCC(F)(F)F)ccc2nc1N. The number of ether oxygens (including phenoxy) is 1. The molecule has 0 saturated carbocycles. The zero-order chi connectivity index (χ0) is 14.8. The first-order valence-electron chi connectivity index (χ1n) is 6.28. The Hall–Kier alpha value is -1.98. The summed E-state index contributed by atoms with van der Waals surface area (Å²) < 4.78 is 41.1. The van der Waals surface area contributed by atoms with Crippen molar-refractivity contribution in [2.75, 3.05) is 12.3 Å². The monoisotopic (exact) mass is 284 g/mol. The van der Waals surface area contributed by atoms with Gasteiger partial charge in [0.25, 0.3) is 0 Å². The summed E-state index contributed by atoms with van der Waals surface area (Å²) in [6.45, 7) is 0.717. The van der Waals surface area contributed by atoms with Gasteiger partial charge in [-0.1, -0.05) is 13.3 Å². The van der Waals surface area contributed by atoms with Crippen LogP contribution in [-0.2, 0) is 6.42 Å². The number of halogens is 3. The van der Waals surface area contributed by atoms with Gasteiger partial charge in [-0.25, -0.2) is 4.98 Å². The van der Waals surface area contributed by atoms with Crippen LogP contribution < -0.4 is 10.5 Å². The summed E-state index contributed by atoms with van der Waals surface area (Å²) in [5.41, 5.74) is 7.37. The normalized spacial score (nSPS) is 11.8. The Morgan fingerprint density at radius 1 is 1.25 bits per heavy atom. The van der Waals surface area contributed by atoms with Crippen molar-refractivity contribution in [3.8, 4) is 5.75 Å². The Balaban J connectivity index is 2.30. The molecule has 2 aromatic rings. The van der Waals surface area contributed by atoms with Crippen LogP contribution >= 0.6 is 0 Å². The molecule has 0 bridgehead atoms. The van der Waals surface area contributed by atoms with Gasteiger partial charge in [0.05, 0.1) is 5.52 Å². The number of fused-ring (bicyclic) bond motifs is 1. The number of nitrogens with two attached hydrogens (primary N) is 1. The number of hydrogen-bond donors (Lipinski definition) is 1. The minimum absolute atomic E-state index is 0.170. The molecule has 20 heavy (non-hydrogen) atoms. The van der Waals surface area contributed by atoms with E-state index in [2.05, 4.69) is 4.98 Å². The highest BCUT2D eigenvalue weighted by Gasteiger charge is 2.28. The van der Waals surface area contributed by atoms with Crippen LogP contribution in [0, 0.1) is 0 Å². The van der Waals surface area contributed by atoms with Crippen LogP contribution in [0.2, 0.25) is 0 Å². The number of aromatic nitrogens is 1. The molecular formula is C14H15F3N2O. The highest BCUT2D eigenvalue weighted by molar-refractivity contribution is 5.82. The molecule has 0 fully saturated rings. The maximum atomic E-state index is 12.1. The lowest BCUT2D eigenvalue weighted by atomic mass is 10.1. The van der Waals surface area contributed by atoms with E-state index in [0.717, 1.165) is 23.8 Å². The molecule has 0 aliphatic carbocycles. The average Bonchev–Trinajstić information content (AvgIpc) is 2.37. The van der Waals surface area contributed by atoms with Crippen LogP contribution in [0.15, 0.2) is 24.3 Å². The molecule has 2 rings (SSSR count). The minimum atomic E-state index is -4.35. The number of nitrogen functional groups attached to an aromatic ring is 1. The highest BCUT2D eigenvalue weighted by Crippen LogP contribution is 2.25. The zero-order valence-electron chi connectivity index (χ0n) is 11.0. The molecule has 0 aliphatic rings. The molecule has 0 unspecified atom stereocenters. The molecular weight excluding hydrogens is 269 g/mol. The Bertz CT molecular complexity index is 611. The first-order valence-corrected chi connectivity index (χ1v) is 6.28. The third kappa shape index (κ3) is 3.53. The van der Waals surface area contributed by atoms with Crippen LogP contribution in [0.4, 0.5) is 19.0 Å². The highest BCUT2D eigenvalue weighted by atomic mass is 19.4. The number of hydrogen-bond acceptors (Lipinski definition) is 3. The lowest BCUT2D eigenvalue weighted by Crippen LogP contribution is -2.19. The van der Waals surface area contributed by atoms with Crippen LogP contribution in [0.25, 0.3) is 10.9 Å². The summed E-state index contributed by atoms with van der Waals surface area (Å²) in [7, 11) is 0. The molecule has 108 valence electrons. The Morgan fingerprint density at radius 3 is 2.65 bits per heavy atom. The van der Waals surface area contributed by atoms with Gasteiger partial charge >= 0.3 is 6.18 Å². The van der Waals surface area contributed by atoms with Crippen molar-refractivity contribution in [2.45, 2.75) is 25.9 Å². The first-order chi connectivity index (χ1) is 9.39. The fourth-order valence-corrected chi connectivity index (χ4v) is 1.94. The van der Waals surface area contributed by atoms with Crippen molar-refractivity contribution in [1.29, 1.82) is 0 Å². The third-order valence-electron chi connectivity index (χ3n) is 2.82. The van der Waals surface area contributed by atoms with Crippen LogP contribution in [0.1, 0.15) is 18.9 Å². The number of rotatable bonds is 4. The van der Waals surface area contributed by atoms with Crippen molar-refractivity contribution in [3.63, 3.8) is 0 Å². The molecule has 6 heteroatoms. The number of nitrogens with zero attached hydrogens (tertiary/aromatic N) is 1. The van der Waals surface area contributed by atoms with E-state index in [1.165, 1.54) is 6.07 Å². The Kier molecular flexibility index (Phi) is 4.01. The second kappa shape index (κ2) is 5.56. The molecule has 2 N–H and O–H groups in total. The van der Waals surface area contributed by atoms with E-state index in [1.807, 2.05) is 13.0 Å². The summed E-state index contributed by atoms with van der Waals surface area (Å²) in [6.07, 6.45) is -2.65. The van der Waals surface area contributed by atoms with E-state index in [9.17, 15) is 13.2 Å². The van der Waals surface area contributed by atoms with E-state index in [1.54, 1.807) is 12.1 Å². The van der Waals surface area contributed by atoms with Crippen molar-refractivity contribution in [1.82, 2.24) is 4.98 Å². The standard InChI is InChI=1S/C14H15F3N2O/c1-2-3-9-6-10-7-11(20-8-14(15,16)17)4-5-12(10)19-13(9)18/h4-7H,2-3,8H2,1H3,(H2,18,19). The second-order valence-corrected chi connectivity index (χ2v) is 4.54. The van der Waals surface area contributed by atoms with Gasteiger partial charge in [0.15, 0.2) is 6.61 Å². The number of benzene rings is 1. The van der Waals surface area contributed by atoms with Crippen molar-refractivity contribution in [3.05, 3.63) is 29.8 Å². The van der Waals surface area contributed by atoms with Gasteiger partial charge in [-0.2, -0.15) is 13.2 Å². The minimum Gasteiger partial charge on any atom is -0.484 e. The predicted octanol–water partition coefficient (Wildman–Crippen LogP) is 3.71. The summed E-state index contributed by atoms with van der Waals surface area (Å²) in [5, 5.41) is 0.724. The lowest BCUT2D eigenvalue weighted by molar-refractivity contribution is -0.153. The molecule has 0 atom stereocenters.